The molecular weight excluding hydrogens is 410 g/mol. The molecule has 0 radical (unpaired) electrons. The summed E-state index contributed by atoms with van der Waals surface area (Å²) in [6.07, 6.45) is -0.993. The van der Waals surface area contributed by atoms with E-state index in [1.165, 1.54) is 19.1 Å². The number of carbonyl (C=O) groups excluding carboxylic acids is 2. The lowest BCUT2D eigenvalue weighted by molar-refractivity contribution is -0.149. The third-order valence-electron chi connectivity index (χ3n) is 3.12. The number of benzene rings is 2. The summed E-state index contributed by atoms with van der Waals surface area (Å²) in [7, 11) is 0. The third-order valence-corrected chi connectivity index (χ3v) is 4.39. The maximum absolute atomic E-state index is 12.0. The van der Waals surface area contributed by atoms with Crippen molar-refractivity contribution in [3.05, 3.63) is 62.1 Å². The van der Waals surface area contributed by atoms with E-state index in [-0.39, 0.29) is 26.6 Å². The molecule has 2 rings (SSSR count). The van der Waals surface area contributed by atoms with Crippen molar-refractivity contribution in [1.82, 2.24) is 0 Å². The van der Waals surface area contributed by atoms with Crippen LogP contribution in [0.2, 0.25) is 20.1 Å². The van der Waals surface area contributed by atoms with Crippen LogP contribution in [0.1, 0.15) is 17.3 Å². The Morgan fingerprint density at radius 1 is 0.960 bits per heavy atom. The van der Waals surface area contributed by atoms with Crippen molar-refractivity contribution in [2.24, 2.45) is 0 Å². The second kappa shape index (κ2) is 8.77. The van der Waals surface area contributed by atoms with Gasteiger partial charge in [0, 0.05) is 16.7 Å². The van der Waals surface area contributed by atoms with E-state index < -0.39 is 18.7 Å². The van der Waals surface area contributed by atoms with Gasteiger partial charge in [0.15, 0.2) is 18.5 Å². The second-order valence-electron chi connectivity index (χ2n) is 4.99. The summed E-state index contributed by atoms with van der Waals surface area (Å²) in [4.78, 5) is 23.9. The van der Waals surface area contributed by atoms with Crippen LogP contribution in [0.4, 0.5) is 0 Å². The largest absolute Gasteiger partial charge is 0.477 e. The zero-order valence-electron chi connectivity index (χ0n) is 12.9. The van der Waals surface area contributed by atoms with Crippen LogP contribution in [0, 0.1) is 0 Å². The molecule has 0 saturated carbocycles. The number of ketones is 1. The molecule has 0 heterocycles. The standard InChI is InChI=1S/C17H12Cl4O4/c1-9(25-16-7-13(20)12(19)6-14(16)21)17(23)24-8-15(22)10-2-4-11(18)5-3-10/h2-7,9H,8H2,1H3. The van der Waals surface area contributed by atoms with Gasteiger partial charge in [-0.3, -0.25) is 4.79 Å². The van der Waals surface area contributed by atoms with E-state index in [0.29, 0.717) is 10.6 Å². The number of hydrogen-bond acceptors (Lipinski definition) is 4. The van der Waals surface area contributed by atoms with Gasteiger partial charge >= 0.3 is 5.97 Å². The van der Waals surface area contributed by atoms with Gasteiger partial charge in [-0.25, -0.2) is 4.79 Å². The molecule has 0 aliphatic heterocycles. The fourth-order valence-electron chi connectivity index (χ4n) is 1.81. The van der Waals surface area contributed by atoms with E-state index >= 15 is 0 Å². The van der Waals surface area contributed by atoms with E-state index in [2.05, 4.69) is 0 Å². The van der Waals surface area contributed by atoms with Crippen molar-refractivity contribution in [3.63, 3.8) is 0 Å². The molecule has 1 atom stereocenters. The summed E-state index contributed by atoms with van der Waals surface area (Å²) in [5.74, 6) is -0.890. The minimum absolute atomic E-state index is 0.185. The van der Waals surface area contributed by atoms with Gasteiger partial charge in [-0.2, -0.15) is 0 Å². The molecule has 4 nitrogen and oxygen atoms in total. The highest BCUT2D eigenvalue weighted by atomic mass is 35.5. The predicted molar refractivity (Wildman–Crippen MR) is 98.3 cm³/mol. The highest BCUT2D eigenvalue weighted by Crippen LogP contribution is 2.34. The van der Waals surface area contributed by atoms with Gasteiger partial charge < -0.3 is 9.47 Å². The number of halogens is 4. The Morgan fingerprint density at radius 2 is 1.56 bits per heavy atom. The molecule has 0 aromatic heterocycles. The van der Waals surface area contributed by atoms with Crippen molar-refractivity contribution in [3.8, 4) is 5.75 Å². The van der Waals surface area contributed by atoms with E-state index in [1.807, 2.05) is 0 Å². The summed E-state index contributed by atoms with van der Waals surface area (Å²) in [5, 5.41) is 1.21. The van der Waals surface area contributed by atoms with Gasteiger partial charge in [-0.15, -0.1) is 0 Å². The molecule has 1 unspecified atom stereocenters. The fraction of sp³-hybridized carbons (Fsp3) is 0.176. The van der Waals surface area contributed by atoms with Gasteiger partial charge in [-0.05, 0) is 37.3 Å². The van der Waals surface area contributed by atoms with Crippen LogP contribution < -0.4 is 4.74 Å². The maximum atomic E-state index is 12.0. The Morgan fingerprint density at radius 3 is 2.20 bits per heavy atom. The maximum Gasteiger partial charge on any atom is 0.347 e. The molecule has 0 saturated heterocycles. The number of Topliss-reactive ketones (excluding diaryl/α,β-unsaturated/α-hetero) is 1. The van der Waals surface area contributed by atoms with Crippen molar-refractivity contribution < 1.29 is 19.1 Å². The molecule has 8 heteroatoms. The number of hydrogen-bond donors (Lipinski definition) is 0. The Labute approximate surface area is 164 Å². The summed E-state index contributed by atoms with van der Waals surface area (Å²) >= 11 is 23.5. The van der Waals surface area contributed by atoms with Crippen LogP contribution in [0.3, 0.4) is 0 Å². The first-order chi connectivity index (χ1) is 11.8. The van der Waals surface area contributed by atoms with Crippen LogP contribution in [0.5, 0.6) is 5.75 Å². The normalized spacial score (nSPS) is 11.7. The first kappa shape index (κ1) is 19.9. The zero-order chi connectivity index (χ0) is 18.6. The Bertz CT molecular complexity index is 790. The molecule has 2 aromatic carbocycles. The fourth-order valence-corrected chi connectivity index (χ4v) is 2.51. The van der Waals surface area contributed by atoms with Crippen LogP contribution in [0.15, 0.2) is 36.4 Å². The average Bonchev–Trinajstić information content (AvgIpc) is 2.57. The van der Waals surface area contributed by atoms with Gasteiger partial charge in [-0.1, -0.05) is 46.4 Å². The zero-order valence-corrected chi connectivity index (χ0v) is 15.9. The number of rotatable bonds is 6. The monoisotopic (exact) mass is 420 g/mol. The first-order valence-electron chi connectivity index (χ1n) is 7.04. The lowest BCUT2D eigenvalue weighted by atomic mass is 10.1. The van der Waals surface area contributed by atoms with Gasteiger partial charge in [0.2, 0.25) is 0 Å². The molecular formula is C17H12Cl4O4. The molecule has 0 spiro atoms. The van der Waals surface area contributed by atoms with Crippen LogP contribution in [0.25, 0.3) is 0 Å². The molecule has 0 fully saturated rings. The molecule has 25 heavy (non-hydrogen) atoms. The molecule has 0 bridgehead atoms. The molecule has 2 aromatic rings. The number of ether oxygens (including phenoxy) is 2. The van der Waals surface area contributed by atoms with Crippen LogP contribution in [-0.2, 0) is 9.53 Å². The summed E-state index contributed by atoms with van der Waals surface area (Å²) < 4.78 is 10.4. The molecule has 132 valence electrons. The van der Waals surface area contributed by atoms with Crippen LogP contribution in [-0.4, -0.2) is 24.5 Å². The molecule has 0 aliphatic carbocycles. The highest BCUT2D eigenvalue weighted by Gasteiger charge is 2.20. The number of esters is 1. The summed E-state index contributed by atoms with van der Waals surface area (Å²) in [6.45, 7) is 1.05. The number of carbonyl (C=O) groups is 2. The molecule has 0 N–H and O–H groups in total. The third kappa shape index (κ3) is 5.51. The first-order valence-corrected chi connectivity index (χ1v) is 8.55. The molecule has 0 amide bonds. The van der Waals surface area contributed by atoms with Crippen molar-refractivity contribution in [1.29, 1.82) is 0 Å². The van der Waals surface area contributed by atoms with E-state index in [0.717, 1.165) is 0 Å². The van der Waals surface area contributed by atoms with E-state index in [4.69, 9.17) is 55.9 Å². The quantitative estimate of drug-likeness (QED) is 0.351. The van der Waals surface area contributed by atoms with Gasteiger partial charge in [0.25, 0.3) is 0 Å². The lowest BCUT2D eigenvalue weighted by Gasteiger charge is -2.15. The van der Waals surface area contributed by atoms with Crippen molar-refractivity contribution in [2.45, 2.75) is 13.0 Å². The SMILES string of the molecule is CC(Oc1cc(Cl)c(Cl)cc1Cl)C(=O)OCC(=O)c1ccc(Cl)cc1. The van der Waals surface area contributed by atoms with E-state index in [9.17, 15) is 9.59 Å². The van der Waals surface area contributed by atoms with Gasteiger partial charge in [0.1, 0.15) is 5.75 Å². The predicted octanol–water partition coefficient (Wildman–Crippen LogP) is 5.49. The minimum Gasteiger partial charge on any atom is -0.477 e. The second-order valence-corrected chi connectivity index (χ2v) is 6.65. The van der Waals surface area contributed by atoms with Crippen molar-refractivity contribution in [2.75, 3.05) is 6.61 Å². The minimum atomic E-state index is -0.993. The summed E-state index contributed by atoms with van der Waals surface area (Å²) in [5.41, 5.74) is 0.387. The topological polar surface area (TPSA) is 52.6 Å². The van der Waals surface area contributed by atoms with E-state index in [1.54, 1.807) is 24.3 Å². The lowest BCUT2D eigenvalue weighted by Crippen LogP contribution is -2.28. The van der Waals surface area contributed by atoms with Crippen LogP contribution >= 0.6 is 46.4 Å². The van der Waals surface area contributed by atoms with Crippen molar-refractivity contribution >= 4 is 58.2 Å². The highest BCUT2D eigenvalue weighted by molar-refractivity contribution is 6.43. The Balaban J connectivity index is 1.93. The molecule has 0 aliphatic rings. The Kier molecular flexibility index (Phi) is 6.96. The van der Waals surface area contributed by atoms with Gasteiger partial charge in [0.05, 0.1) is 15.1 Å². The average molecular weight is 422 g/mol. The smallest absolute Gasteiger partial charge is 0.347 e. The Hall–Kier alpha value is -1.46. The summed E-state index contributed by atoms with van der Waals surface area (Å²) in [6, 6.07) is 9.06.